The van der Waals surface area contributed by atoms with Crippen molar-refractivity contribution in [1.82, 2.24) is 0 Å². The number of hydrogen-bond acceptors (Lipinski definition) is 2. The van der Waals surface area contributed by atoms with E-state index in [0.717, 1.165) is 6.42 Å². The van der Waals surface area contributed by atoms with Gasteiger partial charge in [0, 0.05) is 6.61 Å². The highest BCUT2D eigenvalue weighted by atomic mass is 16.4. The summed E-state index contributed by atoms with van der Waals surface area (Å²) < 4.78 is 0. The highest BCUT2D eigenvalue weighted by Gasteiger charge is 2.26. The second-order valence-corrected chi connectivity index (χ2v) is 3.77. The molecule has 0 amide bonds. The van der Waals surface area contributed by atoms with Gasteiger partial charge in [0.25, 0.3) is 0 Å². The highest BCUT2D eigenvalue weighted by molar-refractivity contribution is 5.69. The molecule has 0 aliphatic rings. The van der Waals surface area contributed by atoms with E-state index in [9.17, 15) is 4.79 Å². The third-order valence-corrected chi connectivity index (χ3v) is 2.46. The van der Waals surface area contributed by atoms with Crippen LogP contribution in [-0.4, -0.2) is 22.8 Å². The van der Waals surface area contributed by atoms with Crippen molar-refractivity contribution in [3.63, 3.8) is 0 Å². The van der Waals surface area contributed by atoms with Gasteiger partial charge in [-0.05, 0) is 18.3 Å². The van der Waals surface area contributed by atoms with Crippen molar-refractivity contribution in [3.05, 3.63) is 0 Å². The second-order valence-electron chi connectivity index (χ2n) is 3.77. The first-order valence-electron chi connectivity index (χ1n) is 4.29. The third-order valence-electron chi connectivity index (χ3n) is 2.46. The van der Waals surface area contributed by atoms with Crippen molar-refractivity contribution in [2.24, 2.45) is 11.3 Å². The zero-order chi connectivity index (χ0) is 9.78. The molecule has 0 aromatic heterocycles. The highest BCUT2D eigenvalue weighted by Crippen LogP contribution is 2.28. The quantitative estimate of drug-likeness (QED) is 0.664. The molecule has 12 heavy (non-hydrogen) atoms. The van der Waals surface area contributed by atoms with E-state index in [1.165, 1.54) is 0 Å². The fourth-order valence-corrected chi connectivity index (χ4v) is 1.15. The average Bonchev–Trinajstić information content (AvgIpc) is 2.04. The van der Waals surface area contributed by atoms with Gasteiger partial charge in [-0.1, -0.05) is 20.8 Å². The summed E-state index contributed by atoms with van der Waals surface area (Å²) in [5.41, 5.74) is -0.238. The Balaban J connectivity index is 4.11. The molecular formula is C9H18O3. The lowest BCUT2D eigenvalue weighted by Crippen LogP contribution is -2.26. The number of carbonyl (C=O) groups is 1. The van der Waals surface area contributed by atoms with Crippen molar-refractivity contribution in [2.75, 3.05) is 6.61 Å². The van der Waals surface area contributed by atoms with E-state index in [-0.39, 0.29) is 17.9 Å². The molecule has 0 saturated heterocycles. The number of hydrogen-bond donors (Lipinski definition) is 2. The summed E-state index contributed by atoms with van der Waals surface area (Å²) in [6, 6.07) is 0. The van der Waals surface area contributed by atoms with Gasteiger partial charge in [0.05, 0.1) is 5.92 Å². The molecule has 2 N–H and O–H groups in total. The van der Waals surface area contributed by atoms with E-state index < -0.39 is 5.97 Å². The van der Waals surface area contributed by atoms with Crippen LogP contribution in [0.2, 0.25) is 0 Å². The molecule has 3 nitrogen and oxygen atoms in total. The number of carboxylic acid groups (broad SMARTS) is 1. The van der Waals surface area contributed by atoms with E-state index in [1.54, 1.807) is 6.92 Å². The summed E-state index contributed by atoms with van der Waals surface area (Å²) in [4.78, 5) is 10.5. The Morgan fingerprint density at radius 3 is 2.33 bits per heavy atom. The summed E-state index contributed by atoms with van der Waals surface area (Å²) in [5.74, 6) is -1.16. The van der Waals surface area contributed by atoms with E-state index in [2.05, 4.69) is 0 Å². The van der Waals surface area contributed by atoms with E-state index >= 15 is 0 Å². The predicted molar refractivity (Wildman–Crippen MR) is 46.9 cm³/mol. The normalized spacial score (nSPS) is 18.3. The molecule has 3 heteroatoms. The Morgan fingerprint density at radius 2 is 2.08 bits per heavy atom. The third kappa shape index (κ3) is 3.22. The molecule has 2 unspecified atom stereocenters. The summed E-state index contributed by atoms with van der Waals surface area (Å²) in [6.45, 7) is 5.60. The SMILES string of the molecule is CCC(C)(CO)CC(C)C(=O)O. The predicted octanol–water partition coefficient (Wildman–Crippen LogP) is 1.51. The van der Waals surface area contributed by atoms with Crippen LogP contribution in [0, 0.1) is 11.3 Å². The van der Waals surface area contributed by atoms with E-state index in [1.807, 2.05) is 13.8 Å². The summed E-state index contributed by atoms with van der Waals surface area (Å²) >= 11 is 0. The molecule has 0 aromatic rings. The minimum atomic E-state index is -0.789. The molecule has 0 aliphatic carbocycles. The lowest BCUT2D eigenvalue weighted by molar-refractivity contribution is -0.142. The van der Waals surface area contributed by atoms with Crippen LogP contribution in [0.1, 0.15) is 33.6 Å². The Kier molecular flexibility index (Phi) is 4.24. The maximum atomic E-state index is 10.5. The van der Waals surface area contributed by atoms with Crippen LogP contribution in [0.4, 0.5) is 0 Å². The standard InChI is InChI=1S/C9H18O3/c1-4-9(3,6-10)5-7(2)8(11)12/h7,10H,4-6H2,1-3H3,(H,11,12). The van der Waals surface area contributed by atoms with Gasteiger partial charge in [0.1, 0.15) is 0 Å². The van der Waals surface area contributed by atoms with Crippen molar-refractivity contribution in [1.29, 1.82) is 0 Å². The molecule has 0 bridgehead atoms. The Morgan fingerprint density at radius 1 is 1.58 bits per heavy atom. The molecule has 2 atom stereocenters. The van der Waals surface area contributed by atoms with Crippen LogP contribution in [0.3, 0.4) is 0 Å². The topological polar surface area (TPSA) is 57.5 Å². The minimum absolute atomic E-state index is 0.0567. The number of aliphatic hydroxyl groups excluding tert-OH is 1. The van der Waals surface area contributed by atoms with Crippen LogP contribution < -0.4 is 0 Å². The molecule has 0 spiro atoms. The number of aliphatic hydroxyl groups is 1. The smallest absolute Gasteiger partial charge is 0.306 e. The molecule has 0 fully saturated rings. The molecule has 0 heterocycles. The molecule has 0 rings (SSSR count). The van der Waals surface area contributed by atoms with Crippen LogP contribution in [0.5, 0.6) is 0 Å². The van der Waals surface area contributed by atoms with Crippen LogP contribution in [-0.2, 0) is 4.79 Å². The van der Waals surface area contributed by atoms with E-state index in [0.29, 0.717) is 6.42 Å². The van der Waals surface area contributed by atoms with Gasteiger partial charge in [-0.3, -0.25) is 4.79 Å². The maximum absolute atomic E-state index is 10.5. The lowest BCUT2D eigenvalue weighted by atomic mass is 9.80. The Hall–Kier alpha value is -0.570. The molecule has 0 aliphatic heterocycles. The monoisotopic (exact) mass is 174 g/mol. The van der Waals surface area contributed by atoms with Gasteiger partial charge in [-0.25, -0.2) is 0 Å². The van der Waals surface area contributed by atoms with Crippen molar-refractivity contribution < 1.29 is 15.0 Å². The molecule has 0 saturated carbocycles. The number of rotatable bonds is 5. The van der Waals surface area contributed by atoms with Gasteiger partial charge in [0.15, 0.2) is 0 Å². The zero-order valence-electron chi connectivity index (χ0n) is 8.00. The van der Waals surface area contributed by atoms with Gasteiger partial charge >= 0.3 is 5.97 Å². The van der Waals surface area contributed by atoms with Crippen molar-refractivity contribution >= 4 is 5.97 Å². The largest absolute Gasteiger partial charge is 0.481 e. The number of aliphatic carboxylic acids is 1. The Labute approximate surface area is 73.4 Å². The van der Waals surface area contributed by atoms with Gasteiger partial charge in [-0.15, -0.1) is 0 Å². The fourth-order valence-electron chi connectivity index (χ4n) is 1.15. The van der Waals surface area contributed by atoms with Gasteiger partial charge in [-0.2, -0.15) is 0 Å². The number of carboxylic acids is 1. The first-order valence-corrected chi connectivity index (χ1v) is 4.29. The van der Waals surface area contributed by atoms with Crippen LogP contribution in [0.25, 0.3) is 0 Å². The molecule has 0 radical (unpaired) electrons. The maximum Gasteiger partial charge on any atom is 0.306 e. The zero-order valence-corrected chi connectivity index (χ0v) is 8.00. The minimum Gasteiger partial charge on any atom is -0.481 e. The van der Waals surface area contributed by atoms with Crippen molar-refractivity contribution in [2.45, 2.75) is 33.6 Å². The van der Waals surface area contributed by atoms with Crippen LogP contribution >= 0.6 is 0 Å². The molecule has 72 valence electrons. The summed E-state index contributed by atoms with van der Waals surface area (Å²) in [6.07, 6.45) is 1.34. The van der Waals surface area contributed by atoms with E-state index in [4.69, 9.17) is 10.2 Å². The van der Waals surface area contributed by atoms with Crippen molar-refractivity contribution in [3.8, 4) is 0 Å². The Bertz CT molecular complexity index is 150. The first-order chi connectivity index (χ1) is 5.45. The summed E-state index contributed by atoms with van der Waals surface area (Å²) in [7, 11) is 0. The second kappa shape index (κ2) is 4.45. The van der Waals surface area contributed by atoms with Crippen LogP contribution in [0.15, 0.2) is 0 Å². The van der Waals surface area contributed by atoms with Gasteiger partial charge < -0.3 is 10.2 Å². The average molecular weight is 174 g/mol. The first kappa shape index (κ1) is 11.4. The fraction of sp³-hybridized carbons (Fsp3) is 0.889. The lowest BCUT2D eigenvalue weighted by Gasteiger charge is -2.27. The summed E-state index contributed by atoms with van der Waals surface area (Å²) in [5, 5.41) is 17.7. The van der Waals surface area contributed by atoms with Gasteiger partial charge in [0.2, 0.25) is 0 Å². The molecule has 0 aromatic carbocycles. The molecular weight excluding hydrogens is 156 g/mol.